The lowest BCUT2D eigenvalue weighted by Crippen LogP contribution is -2.28. The molecule has 0 saturated carbocycles. The second kappa shape index (κ2) is 10.9. The summed E-state index contributed by atoms with van der Waals surface area (Å²) in [6, 6.07) is 17.9. The number of hydrogen-bond acceptors (Lipinski definition) is 7. The minimum Gasteiger partial charge on any atom is -0.483 e. The van der Waals surface area contributed by atoms with Crippen LogP contribution in [0.25, 0.3) is 6.08 Å². The second-order valence-electron chi connectivity index (χ2n) is 7.98. The Morgan fingerprint density at radius 3 is 2.46 bits per heavy atom. The van der Waals surface area contributed by atoms with Crippen molar-refractivity contribution in [2.45, 2.75) is 11.8 Å². The fourth-order valence-electron chi connectivity index (χ4n) is 3.39. The molecule has 0 spiro atoms. The third kappa shape index (κ3) is 6.46. The Morgan fingerprint density at radius 2 is 1.81 bits per heavy atom. The number of nitrogens with two attached hydrogens (primary N) is 1. The molecule has 37 heavy (non-hydrogen) atoms. The van der Waals surface area contributed by atoms with Crippen molar-refractivity contribution in [3.8, 4) is 5.75 Å². The van der Waals surface area contributed by atoms with E-state index in [-0.39, 0.29) is 22.6 Å². The minimum absolute atomic E-state index is 0.0670. The first-order chi connectivity index (χ1) is 17.5. The SMILES string of the molecule is Cc1ccc(N2C(=N)S/C(=C\c3cc(Br)ccc3OCC(=O)Nc3ccc(S(N)(=O)=O)cc3)C2=O)cc1. The van der Waals surface area contributed by atoms with Crippen molar-refractivity contribution in [1.29, 1.82) is 5.41 Å². The van der Waals surface area contributed by atoms with Crippen LogP contribution in [0.2, 0.25) is 0 Å². The molecule has 3 aromatic rings. The van der Waals surface area contributed by atoms with Crippen LogP contribution in [0.4, 0.5) is 11.4 Å². The van der Waals surface area contributed by atoms with Crippen LogP contribution in [0.1, 0.15) is 11.1 Å². The molecule has 3 aromatic carbocycles. The first-order valence-electron chi connectivity index (χ1n) is 10.8. The van der Waals surface area contributed by atoms with Crippen molar-refractivity contribution < 1.29 is 22.7 Å². The number of aryl methyl sites for hydroxylation is 1. The molecule has 12 heteroatoms. The van der Waals surface area contributed by atoms with E-state index in [1.165, 1.54) is 29.2 Å². The van der Waals surface area contributed by atoms with E-state index in [4.69, 9.17) is 15.3 Å². The topological polar surface area (TPSA) is 143 Å². The standard InChI is InChI=1S/C25H21BrN4O5S2/c1-15-2-7-19(8-3-15)30-24(32)22(36-25(30)27)13-16-12-17(26)4-11-21(16)35-14-23(31)29-18-5-9-20(10-6-18)37(28,33)34/h2-13,27H,14H2,1H3,(H,29,31)(H2,28,33,34)/b22-13-,27-25?. The van der Waals surface area contributed by atoms with Gasteiger partial charge in [-0.25, -0.2) is 13.6 Å². The van der Waals surface area contributed by atoms with Crippen LogP contribution in [0, 0.1) is 12.3 Å². The number of nitrogens with zero attached hydrogens (tertiary/aromatic N) is 1. The lowest BCUT2D eigenvalue weighted by atomic mass is 10.1. The number of carbonyl (C=O) groups is 2. The molecule has 1 aliphatic rings. The molecule has 0 aromatic heterocycles. The van der Waals surface area contributed by atoms with E-state index in [0.717, 1.165) is 21.8 Å². The average molecular weight is 602 g/mol. The summed E-state index contributed by atoms with van der Waals surface area (Å²) in [7, 11) is -3.83. The summed E-state index contributed by atoms with van der Waals surface area (Å²) in [6.45, 7) is 1.61. The fraction of sp³-hybridized carbons (Fsp3) is 0.0800. The zero-order valence-corrected chi connectivity index (χ0v) is 22.6. The number of halogens is 1. The third-order valence-electron chi connectivity index (χ3n) is 5.20. The molecule has 0 radical (unpaired) electrons. The number of hydrogen-bond donors (Lipinski definition) is 3. The molecule has 1 saturated heterocycles. The van der Waals surface area contributed by atoms with Crippen LogP contribution >= 0.6 is 27.7 Å². The Bertz CT molecular complexity index is 1520. The van der Waals surface area contributed by atoms with Crippen LogP contribution in [0.3, 0.4) is 0 Å². The van der Waals surface area contributed by atoms with Gasteiger partial charge in [0, 0.05) is 15.7 Å². The number of amidine groups is 1. The number of amides is 2. The average Bonchev–Trinajstić information content (AvgIpc) is 3.11. The third-order valence-corrected chi connectivity index (χ3v) is 7.51. The van der Waals surface area contributed by atoms with Gasteiger partial charge in [0.05, 0.1) is 15.5 Å². The first-order valence-corrected chi connectivity index (χ1v) is 13.9. The molecule has 4 N–H and O–H groups in total. The first kappa shape index (κ1) is 26.6. The number of ether oxygens (including phenoxy) is 1. The molecule has 0 atom stereocenters. The van der Waals surface area contributed by atoms with Gasteiger partial charge in [-0.15, -0.1) is 0 Å². The Morgan fingerprint density at radius 1 is 1.14 bits per heavy atom. The van der Waals surface area contributed by atoms with E-state index in [1.807, 2.05) is 19.1 Å². The number of nitrogens with one attached hydrogen (secondary N) is 2. The zero-order valence-electron chi connectivity index (χ0n) is 19.4. The maximum Gasteiger partial charge on any atom is 0.271 e. The normalized spacial score (nSPS) is 14.8. The maximum atomic E-state index is 13.1. The monoisotopic (exact) mass is 600 g/mol. The van der Waals surface area contributed by atoms with Gasteiger partial charge in [-0.2, -0.15) is 0 Å². The molecule has 4 rings (SSSR count). The highest BCUT2D eigenvalue weighted by molar-refractivity contribution is 9.10. The number of carbonyl (C=O) groups excluding carboxylic acids is 2. The highest BCUT2D eigenvalue weighted by Gasteiger charge is 2.33. The van der Waals surface area contributed by atoms with Gasteiger partial charge in [-0.1, -0.05) is 33.6 Å². The highest BCUT2D eigenvalue weighted by Crippen LogP contribution is 2.37. The van der Waals surface area contributed by atoms with Gasteiger partial charge in [-0.3, -0.25) is 19.9 Å². The molecule has 0 aliphatic carbocycles. The van der Waals surface area contributed by atoms with E-state index in [9.17, 15) is 18.0 Å². The van der Waals surface area contributed by atoms with E-state index in [0.29, 0.717) is 27.6 Å². The zero-order chi connectivity index (χ0) is 26.7. The molecule has 1 heterocycles. The molecule has 190 valence electrons. The summed E-state index contributed by atoms with van der Waals surface area (Å²) >= 11 is 4.45. The summed E-state index contributed by atoms with van der Waals surface area (Å²) in [6.07, 6.45) is 1.62. The van der Waals surface area contributed by atoms with Crippen molar-refractivity contribution in [2.24, 2.45) is 5.14 Å². The molecule has 0 bridgehead atoms. The van der Waals surface area contributed by atoms with Crippen molar-refractivity contribution >= 4 is 72.1 Å². The van der Waals surface area contributed by atoms with Gasteiger partial charge in [-0.05, 0) is 79.4 Å². The van der Waals surface area contributed by atoms with Gasteiger partial charge in [0.25, 0.3) is 11.8 Å². The van der Waals surface area contributed by atoms with Crippen LogP contribution < -0.4 is 20.1 Å². The summed E-state index contributed by atoms with van der Waals surface area (Å²) < 4.78 is 29.2. The van der Waals surface area contributed by atoms with E-state index in [1.54, 1.807) is 36.4 Å². The summed E-state index contributed by atoms with van der Waals surface area (Å²) in [5.41, 5.74) is 2.58. The molecule has 1 fully saturated rings. The quantitative estimate of drug-likeness (QED) is 0.341. The van der Waals surface area contributed by atoms with Gasteiger partial charge in [0.2, 0.25) is 10.0 Å². The van der Waals surface area contributed by atoms with Gasteiger partial charge in [0.15, 0.2) is 11.8 Å². The van der Waals surface area contributed by atoms with Gasteiger partial charge < -0.3 is 10.1 Å². The smallest absolute Gasteiger partial charge is 0.271 e. The Hall–Kier alpha value is -3.45. The number of thioether (sulfide) groups is 1. The van der Waals surface area contributed by atoms with Crippen LogP contribution in [0.5, 0.6) is 5.75 Å². The van der Waals surface area contributed by atoms with Gasteiger partial charge in [0.1, 0.15) is 5.75 Å². The summed E-state index contributed by atoms with van der Waals surface area (Å²) in [5.74, 6) is -0.432. The van der Waals surface area contributed by atoms with Crippen molar-refractivity contribution in [3.63, 3.8) is 0 Å². The lowest BCUT2D eigenvalue weighted by Gasteiger charge is -2.14. The van der Waals surface area contributed by atoms with E-state index in [2.05, 4.69) is 21.2 Å². The highest BCUT2D eigenvalue weighted by atomic mass is 79.9. The van der Waals surface area contributed by atoms with Crippen LogP contribution in [0.15, 0.2) is 81.0 Å². The molecule has 1 aliphatic heterocycles. The number of anilines is 2. The van der Waals surface area contributed by atoms with Crippen molar-refractivity contribution in [1.82, 2.24) is 0 Å². The Kier molecular flexibility index (Phi) is 7.83. The predicted octanol–water partition coefficient (Wildman–Crippen LogP) is 4.48. The molecule has 9 nitrogen and oxygen atoms in total. The molecule has 0 unspecified atom stereocenters. The largest absolute Gasteiger partial charge is 0.483 e. The van der Waals surface area contributed by atoms with E-state index >= 15 is 0 Å². The van der Waals surface area contributed by atoms with Gasteiger partial charge >= 0.3 is 0 Å². The van der Waals surface area contributed by atoms with Crippen molar-refractivity contribution in [2.75, 3.05) is 16.8 Å². The predicted molar refractivity (Wildman–Crippen MR) is 148 cm³/mol. The molecule has 2 amide bonds. The number of primary sulfonamides is 1. The maximum absolute atomic E-state index is 13.1. The Balaban J connectivity index is 1.48. The van der Waals surface area contributed by atoms with Crippen LogP contribution in [-0.4, -0.2) is 32.0 Å². The second-order valence-corrected chi connectivity index (χ2v) is 11.5. The summed E-state index contributed by atoms with van der Waals surface area (Å²) in [5, 5.41) is 16.1. The van der Waals surface area contributed by atoms with E-state index < -0.39 is 15.9 Å². The molecular weight excluding hydrogens is 580 g/mol. The van der Waals surface area contributed by atoms with Crippen LogP contribution in [-0.2, 0) is 19.6 Å². The molecular formula is C25H21BrN4O5S2. The minimum atomic E-state index is -3.83. The fourth-order valence-corrected chi connectivity index (χ4v) is 5.14. The number of sulfonamides is 1. The lowest BCUT2D eigenvalue weighted by molar-refractivity contribution is -0.118. The van der Waals surface area contributed by atoms with Crippen molar-refractivity contribution in [3.05, 3.63) is 87.2 Å². The number of benzene rings is 3. The number of rotatable bonds is 7. The Labute approximate surface area is 226 Å². The summed E-state index contributed by atoms with van der Waals surface area (Å²) in [4.78, 5) is 27.1.